The summed E-state index contributed by atoms with van der Waals surface area (Å²) in [5.74, 6) is 0. The number of rotatable bonds is 3. The van der Waals surface area contributed by atoms with Crippen LogP contribution in [0, 0.1) is 6.92 Å². The molecule has 2 aromatic carbocycles. The normalized spacial score (nSPS) is 11.1. The second-order valence-corrected chi connectivity index (χ2v) is 7.14. The van der Waals surface area contributed by atoms with E-state index in [1.807, 2.05) is 61.5 Å². The Labute approximate surface area is 148 Å². The first kappa shape index (κ1) is 15.6. The molecule has 4 aromatic rings. The third kappa shape index (κ3) is 2.72. The predicted octanol–water partition coefficient (Wildman–Crippen LogP) is 3.57. The molecular weight excluding hydrogens is 332 g/mol. The highest BCUT2D eigenvalue weighted by molar-refractivity contribution is 7.18. The molecule has 25 heavy (non-hydrogen) atoms. The molecule has 4 nitrogen and oxygen atoms in total. The quantitative estimate of drug-likeness (QED) is 0.568. The minimum atomic E-state index is -0.311. The Hall–Kier alpha value is -2.92. The summed E-state index contributed by atoms with van der Waals surface area (Å²) in [4.78, 5) is 27.8. The lowest BCUT2D eigenvalue weighted by molar-refractivity contribution is 0.719. The van der Waals surface area contributed by atoms with Crippen molar-refractivity contribution in [2.45, 2.75) is 13.5 Å². The first-order valence-electron chi connectivity index (χ1n) is 8.00. The lowest BCUT2D eigenvalue weighted by Gasteiger charge is -2.12. The van der Waals surface area contributed by atoms with Crippen LogP contribution in [0.3, 0.4) is 0 Å². The van der Waals surface area contributed by atoms with Gasteiger partial charge in [-0.15, -0.1) is 11.3 Å². The zero-order valence-electron chi connectivity index (χ0n) is 13.7. The van der Waals surface area contributed by atoms with E-state index in [0.29, 0.717) is 17.6 Å². The Balaban J connectivity index is 2.04. The van der Waals surface area contributed by atoms with E-state index in [-0.39, 0.29) is 11.2 Å². The number of aromatic nitrogens is 2. The minimum absolute atomic E-state index is 0.264. The number of hydrogen-bond acceptors (Lipinski definition) is 3. The molecule has 0 aliphatic heterocycles. The van der Waals surface area contributed by atoms with Crippen molar-refractivity contribution in [1.29, 1.82) is 0 Å². The maximum absolute atomic E-state index is 13.2. The van der Waals surface area contributed by atoms with Crippen LogP contribution in [0.4, 0.5) is 0 Å². The molecule has 2 heterocycles. The van der Waals surface area contributed by atoms with Crippen molar-refractivity contribution in [1.82, 2.24) is 9.13 Å². The molecule has 0 saturated heterocycles. The molecule has 0 atom stereocenters. The summed E-state index contributed by atoms with van der Waals surface area (Å²) >= 11 is 1.48. The van der Waals surface area contributed by atoms with E-state index in [0.717, 1.165) is 15.3 Å². The number of aryl methyl sites for hydroxylation is 1. The lowest BCUT2D eigenvalue weighted by atomic mass is 10.2. The number of thiophene rings is 1. The van der Waals surface area contributed by atoms with Crippen LogP contribution in [0.25, 0.3) is 15.9 Å². The summed E-state index contributed by atoms with van der Waals surface area (Å²) in [6, 6.07) is 20.7. The van der Waals surface area contributed by atoms with E-state index >= 15 is 0 Å². The summed E-state index contributed by atoms with van der Waals surface area (Å²) in [6.45, 7) is 2.39. The molecule has 0 amide bonds. The highest BCUT2D eigenvalue weighted by atomic mass is 32.1. The van der Waals surface area contributed by atoms with Crippen molar-refractivity contribution in [3.63, 3.8) is 0 Å². The van der Waals surface area contributed by atoms with Crippen LogP contribution in [-0.4, -0.2) is 9.13 Å². The number of para-hydroxylation sites is 1. The van der Waals surface area contributed by atoms with Crippen LogP contribution in [0.1, 0.15) is 10.4 Å². The first-order chi connectivity index (χ1) is 12.1. The second kappa shape index (κ2) is 6.18. The summed E-state index contributed by atoms with van der Waals surface area (Å²) in [5.41, 5.74) is 1.04. The molecule has 0 saturated carbocycles. The van der Waals surface area contributed by atoms with Crippen LogP contribution in [-0.2, 0) is 6.54 Å². The molecule has 0 unspecified atom stereocenters. The van der Waals surface area contributed by atoms with Crippen LogP contribution < -0.4 is 11.2 Å². The second-order valence-electron chi connectivity index (χ2n) is 5.91. The summed E-state index contributed by atoms with van der Waals surface area (Å²) in [6.07, 6.45) is 0. The molecule has 0 spiro atoms. The fraction of sp³-hybridized carbons (Fsp3) is 0.100. The Morgan fingerprint density at radius 3 is 2.24 bits per heavy atom. The molecule has 0 fully saturated rings. The fourth-order valence-corrected chi connectivity index (χ4v) is 3.97. The van der Waals surface area contributed by atoms with Gasteiger partial charge in [-0.2, -0.15) is 0 Å². The van der Waals surface area contributed by atoms with Gasteiger partial charge >= 0.3 is 5.69 Å². The van der Waals surface area contributed by atoms with E-state index in [9.17, 15) is 9.59 Å². The average Bonchev–Trinajstić information content (AvgIpc) is 3.03. The molecular formula is C20H16N2O2S. The van der Waals surface area contributed by atoms with Crippen molar-refractivity contribution in [2.24, 2.45) is 0 Å². The molecule has 0 bridgehead atoms. The Bertz CT molecular complexity index is 1160. The van der Waals surface area contributed by atoms with Crippen LogP contribution in [0.15, 0.2) is 76.3 Å². The summed E-state index contributed by atoms with van der Waals surface area (Å²) in [5, 5.41) is 0.585. The average molecular weight is 348 g/mol. The summed E-state index contributed by atoms with van der Waals surface area (Å²) < 4.78 is 2.95. The Morgan fingerprint density at radius 1 is 0.920 bits per heavy atom. The predicted molar refractivity (Wildman–Crippen MR) is 102 cm³/mol. The van der Waals surface area contributed by atoms with E-state index < -0.39 is 0 Å². The number of fused-ring (bicyclic) bond motifs is 1. The molecule has 0 aliphatic rings. The molecule has 0 N–H and O–H groups in total. The molecule has 2 aromatic heterocycles. The van der Waals surface area contributed by atoms with Gasteiger partial charge in [0.15, 0.2) is 0 Å². The van der Waals surface area contributed by atoms with Crippen molar-refractivity contribution < 1.29 is 0 Å². The lowest BCUT2D eigenvalue weighted by Crippen LogP contribution is -2.38. The van der Waals surface area contributed by atoms with Crippen LogP contribution in [0.5, 0.6) is 0 Å². The summed E-state index contributed by atoms with van der Waals surface area (Å²) in [7, 11) is 0. The van der Waals surface area contributed by atoms with Gasteiger partial charge in [-0.25, -0.2) is 9.36 Å². The van der Waals surface area contributed by atoms with Gasteiger partial charge in [0.05, 0.1) is 17.6 Å². The van der Waals surface area contributed by atoms with Gasteiger partial charge in [-0.05, 0) is 30.7 Å². The molecule has 0 aliphatic carbocycles. The third-order valence-corrected chi connectivity index (χ3v) is 5.21. The third-order valence-electron chi connectivity index (χ3n) is 4.13. The Kier molecular flexibility index (Phi) is 3.86. The first-order valence-corrected chi connectivity index (χ1v) is 8.82. The van der Waals surface area contributed by atoms with Gasteiger partial charge in [0.25, 0.3) is 5.56 Å². The van der Waals surface area contributed by atoms with Gasteiger partial charge in [-0.1, -0.05) is 48.5 Å². The van der Waals surface area contributed by atoms with E-state index in [1.54, 1.807) is 16.7 Å². The van der Waals surface area contributed by atoms with Gasteiger partial charge in [0, 0.05) is 4.88 Å². The molecule has 5 heteroatoms. The standard InChI is InChI=1S/C20H16N2O2S/c1-14-12-17-18(23)22(16-10-6-3-7-11-16)20(24)21(19(17)25-14)13-15-8-4-2-5-9-15/h2-12H,13H2,1H3. The van der Waals surface area contributed by atoms with Gasteiger partial charge in [-0.3, -0.25) is 9.36 Å². The van der Waals surface area contributed by atoms with Crippen LogP contribution >= 0.6 is 11.3 Å². The molecule has 124 valence electrons. The minimum Gasteiger partial charge on any atom is -0.280 e. The van der Waals surface area contributed by atoms with Crippen molar-refractivity contribution in [2.75, 3.05) is 0 Å². The molecule has 0 radical (unpaired) electrons. The van der Waals surface area contributed by atoms with E-state index in [2.05, 4.69) is 0 Å². The monoisotopic (exact) mass is 348 g/mol. The smallest absolute Gasteiger partial charge is 0.280 e. The zero-order valence-corrected chi connectivity index (χ0v) is 14.5. The number of nitrogens with zero attached hydrogens (tertiary/aromatic N) is 2. The highest BCUT2D eigenvalue weighted by Crippen LogP contribution is 2.22. The van der Waals surface area contributed by atoms with Crippen LogP contribution in [0.2, 0.25) is 0 Å². The van der Waals surface area contributed by atoms with Gasteiger partial charge < -0.3 is 0 Å². The fourth-order valence-electron chi connectivity index (χ4n) is 2.98. The number of benzene rings is 2. The zero-order chi connectivity index (χ0) is 17.4. The van der Waals surface area contributed by atoms with E-state index in [1.165, 1.54) is 15.9 Å². The topological polar surface area (TPSA) is 44.0 Å². The van der Waals surface area contributed by atoms with E-state index in [4.69, 9.17) is 0 Å². The maximum Gasteiger partial charge on any atom is 0.337 e. The largest absolute Gasteiger partial charge is 0.337 e. The number of hydrogen-bond donors (Lipinski definition) is 0. The molecule has 4 rings (SSSR count). The van der Waals surface area contributed by atoms with Gasteiger partial charge in [0.1, 0.15) is 4.83 Å². The van der Waals surface area contributed by atoms with Gasteiger partial charge in [0.2, 0.25) is 0 Å². The van der Waals surface area contributed by atoms with Crippen molar-refractivity contribution >= 4 is 21.6 Å². The SMILES string of the molecule is Cc1cc2c(=O)n(-c3ccccc3)c(=O)n(Cc3ccccc3)c2s1. The Morgan fingerprint density at radius 2 is 1.56 bits per heavy atom. The maximum atomic E-state index is 13.2. The van der Waals surface area contributed by atoms with Crippen molar-refractivity contribution in [3.8, 4) is 5.69 Å². The van der Waals surface area contributed by atoms with Crippen molar-refractivity contribution in [3.05, 3.63) is 98.0 Å². The highest BCUT2D eigenvalue weighted by Gasteiger charge is 2.16.